The number of aliphatic imine (C=N–C) groups is 1. The van der Waals surface area contributed by atoms with Crippen LogP contribution in [0.3, 0.4) is 0 Å². The van der Waals surface area contributed by atoms with E-state index in [1.165, 1.54) is 11.1 Å². The summed E-state index contributed by atoms with van der Waals surface area (Å²) < 4.78 is 5.80. The molecule has 21 heavy (non-hydrogen) atoms. The van der Waals surface area contributed by atoms with Crippen LogP contribution in [0.1, 0.15) is 37.8 Å². The molecule has 1 aromatic rings. The van der Waals surface area contributed by atoms with Crippen molar-refractivity contribution in [3.63, 3.8) is 0 Å². The third kappa shape index (κ3) is 5.05. The molecule has 0 spiro atoms. The molecule has 0 radical (unpaired) electrons. The second kappa shape index (κ2) is 7.46. The second-order valence-electron chi connectivity index (χ2n) is 5.94. The van der Waals surface area contributed by atoms with Gasteiger partial charge in [0.25, 0.3) is 0 Å². The molecule has 1 atom stereocenters. The summed E-state index contributed by atoms with van der Waals surface area (Å²) in [5.74, 6) is 0.857. The van der Waals surface area contributed by atoms with Crippen molar-refractivity contribution in [3.8, 4) is 0 Å². The molecule has 0 saturated carbocycles. The first-order chi connectivity index (χ1) is 10.1. The average molecular weight is 289 g/mol. The summed E-state index contributed by atoms with van der Waals surface area (Å²) in [6.45, 7) is 9.57. The van der Waals surface area contributed by atoms with E-state index in [-0.39, 0.29) is 5.60 Å². The van der Waals surface area contributed by atoms with Gasteiger partial charge in [0.2, 0.25) is 0 Å². The minimum Gasteiger partial charge on any atom is -0.373 e. The molecule has 0 aromatic heterocycles. The van der Waals surface area contributed by atoms with E-state index in [2.05, 4.69) is 60.7 Å². The summed E-state index contributed by atoms with van der Waals surface area (Å²) in [6, 6.07) is 8.47. The lowest BCUT2D eigenvalue weighted by molar-refractivity contribution is 0.0243. The van der Waals surface area contributed by atoms with Gasteiger partial charge in [0.15, 0.2) is 5.96 Å². The largest absolute Gasteiger partial charge is 0.373 e. The van der Waals surface area contributed by atoms with Crippen LogP contribution in [0.25, 0.3) is 0 Å². The fourth-order valence-corrected chi connectivity index (χ4v) is 2.57. The molecular weight excluding hydrogens is 262 g/mol. The number of aryl methyl sites for hydroxylation is 1. The molecular formula is C17H27N3O. The number of benzene rings is 1. The van der Waals surface area contributed by atoms with Crippen LogP contribution in [0.15, 0.2) is 29.3 Å². The molecule has 0 aliphatic carbocycles. The number of rotatable bonds is 5. The third-order valence-corrected chi connectivity index (χ3v) is 3.78. The van der Waals surface area contributed by atoms with Crippen molar-refractivity contribution in [2.75, 3.05) is 19.7 Å². The molecule has 1 fully saturated rings. The Balaban J connectivity index is 1.92. The van der Waals surface area contributed by atoms with Gasteiger partial charge in [0, 0.05) is 19.7 Å². The van der Waals surface area contributed by atoms with E-state index in [0.29, 0.717) is 6.54 Å². The third-order valence-electron chi connectivity index (χ3n) is 3.78. The van der Waals surface area contributed by atoms with Crippen LogP contribution in [-0.2, 0) is 11.3 Å². The topological polar surface area (TPSA) is 45.7 Å². The summed E-state index contributed by atoms with van der Waals surface area (Å²) in [4.78, 5) is 4.66. The maximum absolute atomic E-state index is 5.80. The van der Waals surface area contributed by atoms with Gasteiger partial charge < -0.3 is 15.4 Å². The first-order valence-corrected chi connectivity index (χ1v) is 7.83. The molecule has 1 heterocycles. The number of ether oxygens (including phenoxy) is 1. The predicted octanol–water partition coefficient (Wildman–Crippen LogP) is 2.62. The summed E-state index contributed by atoms with van der Waals surface area (Å²) in [5.41, 5.74) is 2.45. The van der Waals surface area contributed by atoms with Crippen LogP contribution in [0.4, 0.5) is 0 Å². The summed E-state index contributed by atoms with van der Waals surface area (Å²) >= 11 is 0. The van der Waals surface area contributed by atoms with Crippen molar-refractivity contribution in [1.82, 2.24) is 10.6 Å². The number of nitrogens with zero attached hydrogens (tertiary/aromatic N) is 1. The second-order valence-corrected chi connectivity index (χ2v) is 5.94. The molecule has 4 heteroatoms. The Hall–Kier alpha value is -1.55. The Labute approximate surface area is 128 Å². The number of hydrogen-bond donors (Lipinski definition) is 2. The zero-order valence-electron chi connectivity index (χ0n) is 13.4. The van der Waals surface area contributed by atoms with Crippen LogP contribution in [0.2, 0.25) is 0 Å². The highest BCUT2D eigenvalue weighted by molar-refractivity contribution is 5.79. The Morgan fingerprint density at radius 3 is 2.90 bits per heavy atom. The Kier molecular flexibility index (Phi) is 5.62. The lowest BCUT2D eigenvalue weighted by Crippen LogP contribution is -2.45. The van der Waals surface area contributed by atoms with E-state index in [4.69, 9.17) is 4.74 Å². The van der Waals surface area contributed by atoms with Gasteiger partial charge >= 0.3 is 0 Å². The zero-order valence-corrected chi connectivity index (χ0v) is 13.4. The zero-order chi connectivity index (χ0) is 15.1. The van der Waals surface area contributed by atoms with Crippen LogP contribution in [-0.4, -0.2) is 31.3 Å². The summed E-state index contributed by atoms with van der Waals surface area (Å²) in [5, 5.41) is 6.69. The summed E-state index contributed by atoms with van der Waals surface area (Å²) in [7, 11) is 0. The standard InChI is InChI=1S/C17H27N3O/c1-4-18-16(20-13-17(3)9-6-10-21-17)19-12-15-8-5-7-14(2)11-15/h5,7-8,11H,4,6,9-10,12-13H2,1-3H3,(H2,18,19,20). The van der Waals surface area contributed by atoms with Gasteiger partial charge in [-0.2, -0.15) is 0 Å². The molecule has 1 aliphatic rings. The average Bonchev–Trinajstić information content (AvgIpc) is 2.89. The van der Waals surface area contributed by atoms with Crippen LogP contribution in [0.5, 0.6) is 0 Å². The normalized spacial score (nSPS) is 22.3. The fraction of sp³-hybridized carbons (Fsp3) is 0.588. The van der Waals surface area contributed by atoms with Crippen molar-refractivity contribution in [2.45, 2.75) is 45.8 Å². The molecule has 2 N–H and O–H groups in total. The fourth-order valence-electron chi connectivity index (χ4n) is 2.57. The molecule has 2 rings (SSSR count). The molecule has 1 aliphatic heterocycles. The van der Waals surface area contributed by atoms with Gasteiger partial charge in [-0.25, -0.2) is 4.99 Å². The molecule has 0 bridgehead atoms. The molecule has 1 aromatic carbocycles. The maximum atomic E-state index is 5.80. The van der Waals surface area contributed by atoms with Crippen LogP contribution in [0, 0.1) is 6.92 Å². The van der Waals surface area contributed by atoms with E-state index in [1.807, 2.05) is 0 Å². The Morgan fingerprint density at radius 2 is 2.24 bits per heavy atom. The molecule has 116 valence electrons. The Morgan fingerprint density at radius 1 is 1.38 bits per heavy atom. The quantitative estimate of drug-likeness (QED) is 0.647. The highest BCUT2D eigenvalue weighted by Crippen LogP contribution is 2.23. The van der Waals surface area contributed by atoms with E-state index in [1.54, 1.807) is 0 Å². The first-order valence-electron chi connectivity index (χ1n) is 7.83. The minimum absolute atomic E-state index is 0.0560. The smallest absolute Gasteiger partial charge is 0.191 e. The molecule has 1 unspecified atom stereocenters. The van der Waals surface area contributed by atoms with Gasteiger partial charge in [0.05, 0.1) is 12.1 Å². The van der Waals surface area contributed by atoms with Crippen molar-refractivity contribution < 1.29 is 4.74 Å². The monoisotopic (exact) mass is 289 g/mol. The van der Waals surface area contributed by atoms with Crippen molar-refractivity contribution in [2.24, 2.45) is 4.99 Å². The van der Waals surface area contributed by atoms with Crippen molar-refractivity contribution in [1.29, 1.82) is 0 Å². The van der Waals surface area contributed by atoms with Gasteiger partial charge in [-0.3, -0.25) is 0 Å². The first kappa shape index (κ1) is 15.8. The molecule has 1 saturated heterocycles. The summed E-state index contributed by atoms with van der Waals surface area (Å²) in [6.07, 6.45) is 2.26. The number of hydrogen-bond acceptors (Lipinski definition) is 2. The highest BCUT2D eigenvalue weighted by Gasteiger charge is 2.29. The Bertz CT molecular complexity index is 479. The van der Waals surface area contributed by atoms with Crippen LogP contribution >= 0.6 is 0 Å². The van der Waals surface area contributed by atoms with Crippen LogP contribution < -0.4 is 10.6 Å². The van der Waals surface area contributed by atoms with E-state index in [9.17, 15) is 0 Å². The van der Waals surface area contributed by atoms with E-state index >= 15 is 0 Å². The minimum atomic E-state index is -0.0560. The SMILES string of the molecule is CCNC(=NCc1cccc(C)c1)NCC1(C)CCCO1. The van der Waals surface area contributed by atoms with Crippen molar-refractivity contribution in [3.05, 3.63) is 35.4 Å². The lowest BCUT2D eigenvalue weighted by atomic mass is 10.0. The van der Waals surface area contributed by atoms with E-state index < -0.39 is 0 Å². The molecule has 0 amide bonds. The molecule has 4 nitrogen and oxygen atoms in total. The highest BCUT2D eigenvalue weighted by atomic mass is 16.5. The maximum Gasteiger partial charge on any atom is 0.191 e. The van der Waals surface area contributed by atoms with Gasteiger partial charge in [-0.05, 0) is 39.2 Å². The lowest BCUT2D eigenvalue weighted by Gasteiger charge is -2.24. The van der Waals surface area contributed by atoms with Gasteiger partial charge in [-0.15, -0.1) is 0 Å². The van der Waals surface area contributed by atoms with Gasteiger partial charge in [0.1, 0.15) is 0 Å². The van der Waals surface area contributed by atoms with E-state index in [0.717, 1.165) is 38.5 Å². The van der Waals surface area contributed by atoms with Crippen molar-refractivity contribution >= 4 is 5.96 Å². The predicted molar refractivity (Wildman–Crippen MR) is 87.6 cm³/mol. The van der Waals surface area contributed by atoms with Gasteiger partial charge in [-0.1, -0.05) is 29.8 Å². The number of nitrogens with one attached hydrogen (secondary N) is 2. The number of guanidine groups is 1.